The van der Waals surface area contributed by atoms with Crippen molar-refractivity contribution in [2.24, 2.45) is 0 Å². The molecular weight excluding hydrogens is 156 g/mol. The second kappa shape index (κ2) is 3.88. The summed E-state index contributed by atoms with van der Waals surface area (Å²) in [6.45, 7) is 3.96. The molecule has 1 aromatic rings. The highest BCUT2D eigenvalue weighted by Crippen LogP contribution is 2.17. The first-order valence-electron chi connectivity index (χ1n) is 3.91. The smallest absolute Gasteiger partial charge is 0.0515 e. The highest BCUT2D eigenvalue weighted by molar-refractivity contribution is 7.10. The van der Waals surface area contributed by atoms with Crippen molar-refractivity contribution in [1.82, 2.24) is 0 Å². The van der Waals surface area contributed by atoms with Gasteiger partial charge in [0.2, 0.25) is 0 Å². The summed E-state index contributed by atoms with van der Waals surface area (Å²) in [5, 5.41) is 11.2. The van der Waals surface area contributed by atoms with Crippen LogP contribution in [-0.2, 0) is 6.42 Å². The molecule has 62 valence electrons. The fourth-order valence-electron chi connectivity index (χ4n) is 1.00. The normalized spacial score (nSPS) is 13.4. The molecule has 0 spiro atoms. The maximum absolute atomic E-state index is 9.05. The monoisotopic (exact) mass is 170 g/mol. The van der Waals surface area contributed by atoms with Crippen molar-refractivity contribution in [3.8, 4) is 0 Å². The fraction of sp³-hybridized carbons (Fsp3) is 0.556. The molecule has 2 heteroatoms. The van der Waals surface area contributed by atoms with E-state index in [2.05, 4.69) is 18.4 Å². The van der Waals surface area contributed by atoms with Crippen LogP contribution >= 0.6 is 11.3 Å². The van der Waals surface area contributed by atoms with Crippen LogP contribution < -0.4 is 0 Å². The third-order valence-electron chi connectivity index (χ3n) is 1.76. The largest absolute Gasteiger partial charge is 0.393 e. The van der Waals surface area contributed by atoms with E-state index in [4.69, 9.17) is 5.11 Å². The van der Waals surface area contributed by atoms with Gasteiger partial charge in [0.25, 0.3) is 0 Å². The van der Waals surface area contributed by atoms with E-state index in [9.17, 15) is 0 Å². The first-order chi connectivity index (χ1) is 5.20. The number of aliphatic hydroxyl groups is 1. The molecule has 1 aromatic heterocycles. The van der Waals surface area contributed by atoms with Crippen LogP contribution in [-0.4, -0.2) is 11.2 Å². The molecule has 1 nitrogen and oxygen atoms in total. The number of thiophene rings is 1. The van der Waals surface area contributed by atoms with Crippen molar-refractivity contribution in [1.29, 1.82) is 0 Å². The van der Waals surface area contributed by atoms with Gasteiger partial charge in [-0.1, -0.05) is 0 Å². The van der Waals surface area contributed by atoms with Gasteiger partial charge in [-0.3, -0.25) is 0 Å². The molecule has 1 N–H and O–H groups in total. The Kier molecular flexibility index (Phi) is 3.09. The van der Waals surface area contributed by atoms with Gasteiger partial charge in [0.1, 0.15) is 0 Å². The SMILES string of the molecule is Cc1ccsc1CC[C@H](C)O. The van der Waals surface area contributed by atoms with E-state index in [1.54, 1.807) is 11.3 Å². The molecule has 1 heterocycles. The fourth-order valence-corrected chi connectivity index (χ4v) is 1.93. The summed E-state index contributed by atoms with van der Waals surface area (Å²) in [5.74, 6) is 0. The number of aryl methyl sites for hydroxylation is 2. The Balaban J connectivity index is 2.44. The zero-order valence-electron chi connectivity index (χ0n) is 7.00. The summed E-state index contributed by atoms with van der Waals surface area (Å²) in [6.07, 6.45) is 1.72. The Hall–Kier alpha value is -0.340. The molecule has 0 bridgehead atoms. The van der Waals surface area contributed by atoms with Crippen LogP contribution in [0.4, 0.5) is 0 Å². The molecule has 0 aliphatic carbocycles. The molecule has 0 saturated carbocycles. The van der Waals surface area contributed by atoms with Crippen LogP contribution in [0.25, 0.3) is 0 Å². The predicted molar refractivity (Wildman–Crippen MR) is 49.1 cm³/mol. The van der Waals surface area contributed by atoms with Crippen molar-refractivity contribution in [3.63, 3.8) is 0 Å². The molecule has 1 rings (SSSR count). The lowest BCUT2D eigenvalue weighted by atomic mass is 10.1. The number of aliphatic hydroxyl groups excluding tert-OH is 1. The van der Waals surface area contributed by atoms with Crippen LogP contribution in [0.1, 0.15) is 23.8 Å². The predicted octanol–water partition coefficient (Wildman–Crippen LogP) is 2.37. The lowest BCUT2D eigenvalue weighted by Crippen LogP contribution is -2.00. The zero-order valence-corrected chi connectivity index (χ0v) is 7.82. The molecule has 0 aliphatic heterocycles. The van der Waals surface area contributed by atoms with Crippen molar-refractivity contribution >= 4 is 11.3 Å². The van der Waals surface area contributed by atoms with Gasteiger partial charge in [0, 0.05) is 4.88 Å². The molecule has 0 saturated heterocycles. The topological polar surface area (TPSA) is 20.2 Å². The van der Waals surface area contributed by atoms with Crippen LogP contribution in [0.15, 0.2) is 11.4 Å². The Morgan fingerprint density at radius 1 is 1.64 bits per heavy atom. The molecule has 0 fully saturated rings. The van der Waals surface area contributed by atoms with Gasteiger partial charge in [-0.2, -0.15) is 0 Å². The number of hydrogen-bond donors (Lipinski definition) is 1. The molecule has 0 radical (unpaired) electrons. The summed E-state index contributed by atoms with van der Waals surface area (Å²) in [4.78, 5) is 1.41. The van der Waals surface area contributed by atoms with Gasteiger partial charge >= 0.3 is 0 Å². The van der Waals surface area contributed by atoms with E-state index in [1.807, 2.05) is 6.92 Å². The van der Waals surface area contributed by atoms with E-state index in [0.717, 1.165) is 12.8 Å². The van der Waals surface area contributed by atoms with E-state index in [-0.39, 0.29) is 6.10 Å². The van der Waals surface area contributed by atoms with Gasteiger partial charge < -0.3 is 5.11 Å². The highest BCUT2D eigenvalue weighted by Gasteiger charge is 2.01. The lowest BCUT2D eigenvalue weighted by Gasteiger charge is -2.02. The quantitative estimate of drug-likeness (QED) is 0.738. The standard InChI is InChI=1S/C9H14OS/c1-7-5-6-11-9(7)4-3-8(2)10/h5-6,8,10H,3-4H2,1-2H3/t8-/m0/s1. The number of rotatable bonds is 3. The Morgan fingerprint density at radius 2 is 2.36 bits per heavy atom. The minimum atomic E-state index is -0.170. The molecular formula is C9H14OS. The molecule has 0 unspecified atom stereocenters. The van der Waals surface area contributed by atoms with Crippen LogP contribution in [0.3, 0.4) is 0 Å². The van der Waals surface area contributed by atoms with E-state index >= 15 is 0 Å². The second-order valence-corrected chi connectivity index (χ2v) is 3.92. The van der Waals surface area contributed by atoms with E-state index in [1.165, 1.54) is 10.4 Å². The maximum atomic E-state index is 9.05. The zero-order chi connectivity index (χ0) is 8.27. The lowest BCUT2D eigenvalue weighted by molar-refractivity contribution is 0.185. The first kappa shape index (κ1) is 8.75. The van der Waals surface area contributed by atoms with Crippen LogP contribution in [0.2, 0.25) is 0 Å². The van der Waals surface area contributed by atoms with E-state index in [0.29, 0.717) is 0 Å². The third kappa shape index (κ3) is 2.64. The Labute approximate surface area is 71.7 Å². The first-order valence-corrected chi connectivity index (χ1v) is 4.79. The van der Waals surface area contributed by atoms with Crippen molar-refractivity contribution in [2.75, 3.05) is 0 Å². The Bertz CT molecular complexity index is 215. The van der Waals surface area contributed by atoms with Gasteiger partial charge in [-0.05, 0) is 43.7 Å². The molecule has 0 aliphatic rings. The van der Waals surface area contributed by atoms with Gasteiger partial charge in [-0.25, -0.2) is 0 Å². The van der Waals surface area contributed by atoms with Crippen LogP contribution in [0.5, 0.6) is 0 Å². The summed E-state index contributed by atoms with van der Waals surface area (Å²) in [5.41, 5.74) is 1.36. The average molecular weight is 170 g/mol. The molecule has 11 heavy (non-hydrogen) atoms. The second-order valence-electron chi connectivity index (χ2n) is 2.91. The minimum absolute atomic E-state index is 0.170. The van der Waals surface area contributed by atoms with E-state index < -0.39 is 0 Å². The Morgan fingerprint density at radius 3 is 2.82 bits per heavy atom. The summed E-state index contributed by atoms with van der Waals surface area (Å²) < 4.78 is 0. The molecule has 0 amide bonds. The van der Waals surface area contributed by atoms with Gasteiger partial charge in [0.15, 0.2) is 0 Å². The highest BCUT2D eigenvalue weighted by atomic mass is 32.1. The van der Waals surface area contributed by atoms with Crippen molar-refractivity contribution < 1.29 is 5.11 Å². The summed E-state index contributed by atoms with van der Waals surface area (Å²) >= 11 is 1.78. The maximum Gasteiger partial charge on any atom is 0.0515 e. The molecule has 0 aromatic carbocycles. The van der Waals surface area contributed by atoms with Crippen molar-refractivity contribution in [2.45, 2.75) is 32.8 Å². The average Bonchev–Trinajstić information content (AvgIpc) is 2.31. The van der Waals surface area contributed by atoms with Gasteiger partial charge in [0.05, 0.1) is 6.10 Å². The summed E-state index contributed by atoms with van der Waals surface area (Å²) in [6, 6.07) is 2.13. The number of hydrogen-bond acceptors (Lipinski definition) is 2. The molecule has 1 atom stereocenters. The third-order valence-corrected chi connectivity index (χ3v) is 2.84. The van der Waals surface area contributed by atoms with Crippen LogP contribution in [0, 0.1) is 6.92 Å². The summed E-state index contributed by atoms with van der Waals surface area (Å²) in [7, 11) is 0. The van der Waals surface area contributed by atoms with Gasteiger partial charge in [-0.15, -0.1) is 11.3 Å². The van der Waals surface area contributed by atoms with Crippen molar-refractivity contribution in [3.05, 3.63) is 21.9 Å². The minimum Gasteiger partial charge on any atom is -0.393 e.